The molecule has 4 heteroatoms. The fourth-order valence-electron chi connectivity index (χ4n) is 1.81. The minimum Gasteiger partial charge on any atom is -0.497 e. The van der Waals surface area contributed by atoms with Gasteiger partial charge in [-0.25, -0.2) is 0 Å². The van der Waals surface area contributed by atoms with Crippen LogP contribution in [-0.4, -0.2) is 32.5 Å². The molecule has 0 radical (unpaired) electrons. The fraction of sp³-hybridized carbons (Fsp3) is 0.647. The van der Waals surface area contributed by atoms with Crippen LogP contribution < -0.4 is 14.8 Å². The molecule has 0 spiro atoms. The molecule has 0 saturated carbocycles. The van der Waals surface area contributed by atoms with Crippen LogP contribution in [0.4, 0.5) is 0 Å². The summed E-state index contributed by atoms with van der Waals surface area (Å²) in [6.45, 7) is 11.4. The lowest BCUT2D eigenvalue weighted by Gasteiger charge is -2.22. The summed E-state index contributed by atoms with van der Waals surface area (Å²) in [6.07, 6.45) is 0.895. The molecule has 21 heavy (non-hydrogen) atoms. The summed E-state index contributed by atoms with van der Waals surface area (Å²) < 4.78 is 16.5. The molecule has 1 N–H and O–H groups in total. The van der Waals surface area contributed by atoms with Gasteiger partial charge in [0.2, 0.25) is 0 Å². The van der Waals surface area contributed by atoms with E-state index in [-0.39, 0.29) is 5.54 Å². The standard InChI is InChI=1S/C17H29NO3/c1-6-20-10-7-11-21-16-9-8-15(19-5)12-14(16)13-18-17(2,3)4/h8-9,12,18H,6-7,10-11,13H2,1-5H3. The topological polar surface area (TPSA) is 39.7 Å². The second-order valence-electron chi connectivity index (χ2n) is 5.98. The third kappa shape index (κ3) is 7.34. The van der Waals surface area contributed by atoms with Crippen molar-refractivity contribution in [3.05, 3.63) is 23.8 Å². The van der Waals surface area contributed by atoms with Gasteiger partial charge < -0.3 is 19.5 Å². The predicted octanol–water partition coefficient (Wildman–Crippen LogP) is 3.39. The number of rotatable bonds is 9. The molecule has 0 aliphatic rings. The summed E-state index contributed by atoms with van der Waals surface area (Å²) in [5.41, 5.74) is 1.18. The van der Waals surface area contributed by atoms with Crippen LogP contribution in [0, 0.1) is 0 Å². The molecule has 4 nitrogen and oxygen atoms in total. The predicted molar refractivity (Wildman–Crippen MR) is 86.2 cm³/mol. The van der Waals surface area contributed by atoms with E-state index in [9.17, 15) is 0 Å². The summed E-state index contributed by atoms with van der Waals surface area (Å²) in [4.78, 5) is 0. The molecular formula is C17H29NO3. The van der Waals surface area contributed by atoms with Crippen molar-refractivity contribution < 1.29 is 14.2 Å². The van der Waals surface area contributed by atoms with Crippen molar-refractivity contribution in [1.29, 1.82) is 0 Å². The highest BCUT2D eigenvalue weighted by Gasteiger charge is 2.12. The fourth-order valence-corrected chi connectivity index (χ4v) is 1.81. The lowest BCUT2D eigenvalue weighted by molar-refractivity contribution is 0.130. The van der Waals surface area contributed by atoms with Crippen molar-refractivity contribution in [2.24, 2.45) is 0 Å². The molecule has 0 aliphatic carbocycles. The molecule has 0 aromatic heterocycles. The van der Waals surface area contributed by atoms with Gasteiger partial charge in [-0.3, -0.25) is 0 Å². The minimum absolute atomic E-state index is 0.0648. The molecule has 1 aromatic carbocycles. The molecule has 1 aromatic rings. The third-order valence-corrected chi connectivity index (χ3v) is 2.97. The van der Waals surface area contributed by atoms with E-state index in [4.69, 9.17) is 14.2 Å². The number of methoxy groups -OCH3 is 1. The third-order valence-electron chi connectivity index (χ3n) is 2.97. The molecule has 0 amide bonds. The Morgan fingerprint density at radius 1 is 1.14 bits per heavy atom. The smallest absolute Gasteiger partial charge is 0.124 e. The van der Waals surface area contributed by atoms with Gasteiger partial charge in [0.15, 0.2) is 0 Å². The molecule has 0 unspecified atom stereocenters. The zero-order valence-electron chi connectivity index (χ0n) is 14.0. The van der Waals surface area contributed by atoms with E-state index >= 15 is 0 Å². The van der Waals surface area contributed by atoms with Crippen LogP contribution in [0.3, 0.4) is 0 Å². The Hall–Kier alpha value is -1.26. The number of benzene rings is 1. The van der Waals surface area contributed by atoms with Crippen molar-refractivity contribution >= 4 is 0 Å². The number of nitrogens with one attached hydrogen (secondary N) is 1. The Kier molecular flexibility index (Phi) is 7.54. The van der Waals surface area contributed by atoms with Gasteiger partial charge in [-0.15, -0.1) is 0 Å². The monoisotopic (exact) mass is 295 g/mol. The summed E-state index contributed by atoms with van der Waals surface area (Å²) in [5.74, 6) is 1.76. The van der Waals surface area contributed by atoms with Crippen LogP contribution in [0.5, 0.6) is 11.5 Å². The Morgan fingerprint density at radius 2 is 1.90 bits per heavy atom. The van der Waals surface area contributed by atoms with Crippen molar-refractivity contribution in [2.75, 3.05) is 26.9 Å². The first-order valence-electron chi connectivity index (χ1n) is 7.58. The lowest BCUT2D eigenvalue weighted by Crippen LogP contribution is -2.35. The summed E-state index contributed by atoms with van der Waals surface area (Å²) in [7, 11) is 1.68. The van der Waals surface area contributed by atoms with Crippen molar-refractivity contribution in [3.63, 3.8) is 0 Å². The quantitative estimate of drug-likeness (QED) is 0.709. The molecule has 0 saturated heterocycles. The Balaban J connectivity index is 2.63. The van der Waals surface area contributed by atoms with Crippen molar-refractivity contribution in [2.45, 2.75) is 46.2 Å². The van der Waals surface area contributed by atoms with Gasteiger partial charge in [-0.1, -0.05) is 0 Å². The summed E-state index contributed by atoms with van der Waals surface area (Å²) >= 11 is 0. The van der Waals surface area contributed by atoms with Gasteiger partial charge in [0.1, 0.15) is 11.5 Å². The van der Waals surface area contributed by atoms with Crippen LogP contribution in [0.2, 0.25) is 0 Å². The number of ether oxygens (including phenoxy) is 3. The first-order chi connectivity index (χ1) is 9.96. The molecule has 0 bridgehead atoms. The highest BCUT2D eigenvalue weighted by atomic mass is 16.5. The van der Waals surface area contributed by atoms with E-state index in [0.29, 0.717) is 6.61 Å². The van der Waals surface area contributed by atoms with Crippen molar-refractivity contribution in [1.82, 2.24) is 5.32 Å². The second kappa shape index (κ2) is 8.90. The van der Waals surface area contributed by atoms with Gasteiger partial charge in [0.05, 0.1) is 13.7 Å². The average molecular weight is 295 g/mol. The molecule has 120 valence electrons. The van der Waals surface area contributed by atoms with Gasteiger partial charge in [0.25, 0.3) is 0 Å². The summed E-state index contributed by atoms with van der Waals surface area (Å²) in [5, 5.41) is 3.48. The van der Waals surface area contributed by atoms with Crippen LogP contribution >= 0.6 is 0 Å². The molecule has 0 fully saturated rings. The SMILES string of the molecule is CCOCCCOc1ccc(OC)cc1CNC(C)(C)C. The van der Waals surface area contributed by atoms with Gasteiger partial charge in [-0.2, -0.15) is 0 Å². The van der Waals surface area contributed by atoms with E-state index < -0.39 is 0 Å². The van der Waals surface area contributed by atoms with E-state index in [1.807, 2.05) is 25.1 Å². The lowest BCUT2D eigenvalue weighted by atomic mass is 10.1. The molecule has 1 rings (SSSR count). The zero-order valence-corrected chi connectivity index (χ0v) is 14.0. The van der Waals surface area contributed by atoms with E-state index in [1.165, 1.54) is 0 Å². The minimum atomic E-state index is 0.0648. The van der Waals surface area contributed by atoms with Crippen molar-refractivity contribution in [3.8, 4) is 11.5 Å². The van der Waals surface area contributed by atoms with E-state index in [1.54, 1.807) is 7.11 Å². The van der Waals surface area contributed by atoms with Gasteiger partial charge >= 0.3 is 0 Å². The molecule has 0 atom stereocenters. The van der Waals surface area contributed by atoms with E-state index in [0.717, 1.165) is 43.2 Å². The normalized spacial score (nSPS) is 11.5. The highest BCUT2D eigenvalue weighted by molar-refractivity contribution is 5.40. The van der Waals surface area contributed by atoms with Crippen LogP contribution in [0.25, 0.3) is 0 Å². The number of hydrogen-bond donors (Lipinski definition) is 1. The first kappa shape index (κ1) is 17.8. The number of hydrogen-bond acceptors (Lipinski definition) is 4. The average Bonchev–Trinajstić information content (AvgIpc) is 2.44. The molecule has 0 aliphatic heterocycles. The highest BCUT2D eigenvalue weighted by Crippen LogP contribution is 2.25. The Labute approximate surface area is 128 Å². The molecular weight excluding hydrogens is 266 g/mol. The van der Waals surface area contributed by atoms with Crippen LogP contribution in [0.1, 0.15) is 39.7 Å². The first-order valence-corrected chi connectivity index (χ1v) is 7.58. The Bertz CT molecular complexity index is 413. The molecule has 0 heterocycles. The Morgan fingerprint density at radius 3 is 2.52 bits per heavy atom. The van der Waals surface area contributed by atoms with Crippen LogP contribution in [0.15, 0.2) is 18.2 Å². The van der Waals surface area contributed by atoms with Gasteiger partial charge in [-0.05, 0) is 45.9 Å². The maximum absolute atomic E-state index is 5.87. The maximum atomic E-state index is 5.87. The maximum Gasteiger partial charge on any atom is 0.124 e. The largest absolute Gasteiger partial charge is 0.497 e. The van der Waals surface area contributed by atoms with Crippen LogP contribution in [-0.2, 0) is 11.3 Å². The zero-order chi connectivity index (χ0) is 15.7. The second-order valence-corrected chi connectivity index (χ2v) is 5.98. The summed E-state index contributed by atoms with van der Waals surface area (Å²) in [6, 6.07) is 5.92. The van der Waals surface area contributed by atoms with Gasteiger partial charge in [0, 0.05) is 37.3 Å². The van der Waals surface area contributed by atoms with E-state index in [2.05, 4.69) is 26.1 Å².